The fraction of sp³-hybridized carbons (Fsp3) is 0.158. The maximum atomic E-state index is 6.16. The molecule has 1 aliphatic heterocycles. The standard InChI is InChI=1S/C19H18N4O3/c1-12-2-5-14(6-3-12)26-19-17(20)18(22-10-23-19)21-9-13-4-7-15-16(8-13)25-11-24-15/h2-8,10H,9,11,20H2,1H3,(H,21,22,23). The van der Waals surface area contributed by atoms with Gasteiger partial charge in [-0.15, -0.1) is 0 Å². The molecule has 26 heavy (non-hydrogen) atoms. The van der Waals surface area contributed by atoms with Crippen molar-refractivity contribution in [1.82, 2.24) is 9.97 Å². The largest absolute Gasteiger partial charge is 0.454 e. The third-order valence-corrected chi connectivity index (χ3v) is 3.98. The van der Waals surface area contributed by atoms with Crippen LogP contribution in [-0.2, 0) is 6.54 Å². The van der Waals surface area contributed by atoms with Gasteiger partial charge in [-0.1, -0.05) is 23.8 Å². The highest BCUT2D eigenvalue weighted by molar-refractivity contribution is 5.67. The first-order chi connectivity index (χ1) is 12.7. The van der Waals surface area contributed by atoms with Crippen molar-refractivity contribution in [2.75, 3.05) is 17.8 Å². The van der Waals surface area contributed by atoms with E-state index in [2.05, 4.69) is 15.3 Å². The number of benzene rings is 2. The third kappa shape index (κ3) is 3.32. The van der Waals surface area contributed by atoms with E-state index in [1.54, 1.807) is 0 Å². The van der Waals surface area contributed by atoms with Gasteiger partial charge in [0.15, 0.2) is 17.3 Å². The number of aryl methyl sites for hydroxylation is 1. The zero-order chi connectivity index (χ0) is 17.9. The average Bonchev–Trinajstić information content (AvgIpc) is 3.12. The van der Waals surface area contributed by atoms with Gasteiger partial charge in [0.25, 0.3) is 0 Å². The number of nitrogens with two attached hydrogens (primary N) is 1. The van der Waals surface area contributed by atoms with E-state index in [9.17, 15) is 0 Å². The van der Waals surface area contributed by atoms with Gasteiger partial charge in [0.05, 0.1) is 0 Å². The fourth-order valence-corrected chi connectivity index (χ4v) is 2.56. The van der Waals surface area contributed by atoms with Gasteiger partial charge in [-0.2, -0.15) is 4.98 Å². The number of aromatic nitrogens is 2. The molecule has 0 unspecified atom stereocenters. The van der Waals surface area contributed by atoms with Crippen molar-refractivity contribution < 1.29 is 14.2 Å². The highest BCUT2D eigenvalue weighted by Crippen LogP contribution is 2.33. The zero-order valence-corrected chi connectivity index (χ0v) is 14.2. The Morgan fingerprint density at radius 1 is 1.08 bits per heavy atom. The highest BCUT2D eigenvalue weighted by atomic mass is 16.7. The molecule has 0 atom stereocenters. The van der Waals surface area contributed by atoms with Gasteiger partial charge in [0.1, 0.15) is 17.8 Å². The van der Waals surface area contributed by atoms with Crippen molar-refractivity contribution in [2.24, 2.45) is 0 Å². The lowest BCUT2D eigenvalue weighted by Gasteiger charge is -2.12. The van der Waals surface area contributed by atoms with Crippen LogP contribution in [0.5, 0.6) is 23.1 Å². The van der Waals surface area contributed by atoms with Gasteiger partial charge < -0.3 is 25.3 Å². The van der Waals surface area contributed by atoms with Gasteiger partial charge in [0, 0.05) is 6.54 Å². The van der Waals surface area contributed by atoms with Crippen molar-refractivity contribution >= 4 is 11.5 Å². The molecule has 3 N–H and O–H groups in total. The summed E-state index contributed by atoms with van der Waals surface area (Å²) in [5, 5.41) is 3.20. The summed E-state index contributed by atoms with van der Waals surface area (Å²) in [6, 6.07) is 13.4. The molecule has 2 heterocycles. The molecule has 0 aliphatic carbocycles. The van der Waals surface area contributed by atoms with Crippen LogP contribution in [0.3, 0.4) is 0 Å². The van der Waals surface area contributed by atoms with Gasteiger partial charge >= 0.3 is 0 Å². The van der Waals surface area contributed by atoms with Crippen LogP contribution in [-0.4, -0.2) is 16.8 Å². The quantitative estimate of drug-likeness (QED) is 0.727. The lowest BCUT2D eigenvalue weighted by molar-refractivity contribution is 0.174. The van der Waals surface area contributed by atoms with Gasteiger partial charge in [-0.3, -0.25) is 0 Å². The summed E-state index contributed by atoms with van der Waals surface area (Å²) in [6.45, 7) is 2.80. The monoisotopic (exact) mass is 350 g/mol. The second kappa shape index (κ2) is 6.79. The van der Waals surface area contributed by atoms with Crippen molar-refractivity contribution in [3.8, 4) is 23.1 Å². The zero-order valence-electron chi connectivity index (χ0n) is 14.2. The highest BCUT2D eigenvalue weighted by Gasteiger charge is 2.14. The summed E-state index contributed by atoms with van der Waals surface area (Å²) < 4.78 is 16.5. The smallest absolute Gasteiger partial charge is 0.248 e. The number of ether oxygens (including phenoxy) is 3. The van der Waals surface area contributed by atoms with E-state index in [1.807, 2.05) is 49.4 Å². The Labute approximate surface area is 150 Å². The summed E-state index contributed by atoms with van der Waals surface area (Å²) in [5.41, 5.74) is 8.69. The van der Waals surface area contributed by atoms with E-state index in [-0.39, 0.29) is 6.79 Å². The minimum atomic E-state index is 0.255. The van der Waals surface area contributed by atoms with Crippen LogP contribution in [0.4, 0.5) is 11.5 Å². The van der Waals surface area contributed by atoms with Crippen LogP contribution in [0.25, 0.3) is 0 Å². The lowest BCUT2D eigenvalue weighted by Crippen LogP contribution is -2.06. The summed E-state index contributed by atoms with van der Waals surface area (Å²) in [4.78, 5) is 8.32. The summed E-state index contributed by atoms with van der Waals surface area (Å²) in [5.74, 6) is 2.99. The fourth-order valence-electron chi connectivity index (χ4n) is 2.56. The first-order valence-corrected chi connectivity index (χ1v) is 8.16. The molecule has 0 spiro atoms. The van der Waals surface area contributed by atoms with Crippen molar-refractivity contribution in [2.45, 2.75) is 13.5 Å². The van der Waals surface area contributed by atoms with Crippen LogP contribution in [0, 0.1) is 6.92 Å². The molecule has 2 aromatic carbocycles. The van der Waals surface area contributed by atoms with Crippen LogP contribution in [0.15, 0.2) is 48.8 Å². The minimum absolute atomic E-state index is 0.255. The molecule has 4 rings (SSSR count). The molecule has 1 aromatic heterocycles. The summed E-state index contributed by atoms with van der Waals surface area (Å²) in [6.07, 6.45) is 1.42. The minimum Gasteiger partial charge on any atom is -0.454 e. The van der Waals surface area contributed by atoms with Crippen LogP contribution in [0.1, 0.15) is 11.1 Å². The second-order valence-electron chi connectivity index (χ2n) is 5.90. The van der Waals surface area contributed by atoms with Crippen molar-refractivity contribution in [3.63, 3.8) is 0 Å². The predicted octanol–water partition coefficient (Wildman–Crippen LogP) is 3.50. The number of fused-ring (bicyclic) bond motifs is 1. The van der Waals surface area contributed by atoms with Crippen LogP contribution < -0.4 is 25.3 Å². The number of nitrogen functional groups attached to an aromatic ring is 1. The molecule has 0 amide bonds. The number of hydrogen-bond acceptors (Lipinski definition) is 7. The van der Waals surface area contributed by atoms with Crippen molar-refractivity contribution in [3.05, 3.63) is 59.9 Å². The molecular formula is C19H18N4O3. The SMILES string of the molecule is Cc1ccc(Oc2ncnc(NCc3ccc4c(c3)OCO4)c2N)cc1. The summed E-state index contributed by atoms with van der Waals surface area (Å²) in [7, 11) is 0. The van der Waals surface area contributed by atoms with E-state index in [1.165, 1.54) is 6.33 Å². The van der Waals surface area contributed by atoms with E-state index >= 15 is 0 Å². The topological polar surface area (TPSA) is 91.5 Å². The number of nitrogens with one attached hydrogen (secondary N) is 1. The maximum Gasteiger partial charge on any atom is 0.248 e. The average molecular weight is 350 g/mol. The molecule has 0 saturated carbocycles. The predicted molar refractivity (Wildman–Crippen MR) is 97.6 cm³/mol. The maximum absolute atomic E-state index is 6.16. The number of hydrogen-bond donors (Lipinski definition) is 2. The Morgan fingerprint density at radius 2 is 1.88 bits per heavy atom. The first-order valence-electron chi connectivity index (χ1n) is 8.16. The molecule has 0 saturated heterocycles. The Balaban J connectivity index is 1.47. The normalized spacial score (nSPS) is 12.0. The molecule has 7 nitrogen and oxygen atoms in total. The van der Waals surface area contributed by atoms with Gasteiger partial charge in [-0.05, 0) is 36.8 Å². The molecule has 132 valence electrons. The second-order valence-corrected chi connectivity index (χ2v) is 5.90. The van der Waals surface area contributed by atoms with Crippen molar-refractivity contribution in [1.29, 1.82) is 0 Å². The number of nitrogens with zero attached hydrogens (tertiary/aromatic N) is 2. The Kier molecular flexibility index (Phi) is 4.18. The van der Waals surface area contributed by atoms with Gasteiger partial charge in [-0.25, -0.2) is 4.98 Å². The third-order valence-electron chi connectivity index (χ3n) is 3.98. The van der Waals surface area contributed by atoms with E-state index in [0.717, 1.165) is 22.6 Å². The van der Waals surface area contributed by atoms with E-state index in [4.69, 9.17) is 19.9 Å². The molecular weight excluding hydrogens is 332 g/mol. The van der Waals surface area contributed by atoms with Crippen LogP contribution >= 0.6 is 0 Å². The molecule has 1 aliphatic rings. The molecule has 0 fully saturated rings. The number of anilines is 2. The lowest BCUT2D eigenvalue weighted by atomic mass is 10.2. The van der Waals surface area contributed by atoms with E-state index in [0.29, 0.717) is 29.7 Å². The first kappa shape index (κ1) is 16.0. The number of rotatable bonds is 5. The van der Waals surface area contributed by atoms with E-state index < -0.39 is 0 Å². The molecule has 0 radical (unpaired) electrons. The van der Waals surface area contributed by atoms with Crippen LogP contribution in [0.2, 0.25) is 0 Å². The summed E-state index contributed by atoms with van der Waals surface area (Å²) >= 11 is 0. The van der Waals surface area contributed by atoms with Gasteiger partial charge in [0.2, 0.25) is 12.7 Å². The Bertz CT molecular complexity index is 929. The Hall–Kier alpha value is -3.48. The molecule has 0 bridgehead atoms. The molecule has 7 heteroatoms. The Morgan fingerprint density at radius 3 is 2.73 bits per heavy atom. The molecule has 3 aromatic rings.